The van der Waals surface area contributed by atoms with Gasteiger partial charge in [-0.3, -0.25) is 9.89 Å². The average Bonchev–Trinajstić information content (AvgIpc) is 3.22. The van der Waals surface area contributed by atoms with Crippen LogP contribution in [0.4, 0.5) is 0 Å². The second-order valence-electron chi connectivity index (χ2n) is 8.20. The third kappa shape index (κ3) is 4.38. The van der Waals surface area contributed by atoms with E-state index in [1.165, 1.54) is 11.8 Å². The molecule has 31 heavy (non-hydrogen) atoms. The fourth-order valence-electron chi connectivity index (χ4n) is 4.56. The molecule has 0 bridgehead atoms. The second-order valence-corrected chi connectivity index (χ2v) is 9.69. The van der Waals surface area contributed by atoms with E-state index in [4.69, 9.17) is 11.6 Å². The molecular formula is C24H25ClN4OS. The first-order valence-corrected chi connectivity index (χ1v) is 12.0. The van der Waals surface area contributed by atoms with Crippen molar-refractivity contribution < 1.29 is 4.79 Å². The Morgan fingerprint density at radius 2 is 2.03 bits per heavy atom. The topological polar surface area (TPSA) is 69.8 Å². The van der Waals surface area contributed by atoms with Crippen molar-refractivity contribution in [3.63, 3.8) is 0 Å². The molecule has 2 aliphatic rings. The molecule has 3 aromatic rings. The smallest absolute Gasteiger partial charge is 0.258 e. The standard InChI is InChI=1S/C24H25ClN4OS/c25-17-5-2-1-4-15(17)8-9-18(16-10-12-26-13-11-16)27-24(30)22-14-20-23-19(28-29-20)6-3-7-21(23)31-22/h1-7,14,16,18,26H,8-13H2,(H,27,30)(H,28,29). The first kappa shape index (κ1) is 20.6. The van der Waals surface area contributed by atoms with Crippen LogP contribution in [0, 0.1) is 5.92 Å². The maximum Gasteiger partial charge on any atom is 0.258 e. The number of aromatic amines is 1. The third-order valence-corrected chi connectivity index (χ3v) is 7.69. The molecule has 0 saturated carbocycles. The molecule has 2 aromatic carbocycles. The van der Waals surface area contributed by atoms with Crippen LogP contribution < -0.4 is 10.6 Å². The van der Waals surface area contributed by atoms with Gasteiger partial charge in [-0.1, -0.05) is 47.6 Å². The van der Waals surface area contributed by atoms with Crippen LogP contribution in [0.3, 0.4) is 0 Å². The summed E-state index contributed by atoms with van der Waals surface area (Å²) < 4.78 is 0. The summed E-state index contributed by atoms with van der Waals surface area (Å²) in [5.74, 6) is 0.456. The number of nitrogens with one attached hydrogen (secondary N) is 3. The van der Waals surface area contributed by atoms with Crippen molar-refractivity contribution in [1.82, 2.24) is 20.8 Å². The predicted molar refractivity (Wildman–Crippen MR) is 127 cm³/mol. The van der Waals surface area contributed by atoms with E-state index in [1.54, 1.807) is 0 Å². The molecular weight excluding hydrogens is 428 g/mol. The van der Waals surface area contributed by atoms with Gasteiger partial charge in [-0.25, -0.2) is 0 Å². The lowest BCUT2D eigenvalue weighted by Crippen LogP contribution is -2.45. The number of rotatable bonds is 6. The van der Waals surface area contributed by atoms with Crippen LogP contribution >= 0.6 is 23.4 Å². The van der Waals surface area contributed by atoms with Gasteiger partial charge in [0.05, 0.1) is 16.1 Å². The van der Waals surface area contributed by atoms with Crippen LogP contribution in [0.5, 0.6) is 0 Å². The van der Waals surface area contributed by atoms with E-state index < -0.39 is 0 Å². The highest BCUT2D eigenvalue weighted by molar-refractivity contribution is 8.04. The van der Waals surface area contributed by atoms with E-state index in [-0.39, 0.29) is 11.9 Å². The van der Waals surface area contributed by atoms with Crippen LogP contribution in [0.25, 0.3) is 17.0 Å². The number of aryl methyl sites for hydroxylation is 1. The van der Waals surface area contributed by atoms with Crippen molar-refractivity contribution >= 4 is 46.2 Å². The Morgan fingerprint density at radius 1 is 1.19 bits per heavy atom. The molecule has 3 N–H and O–H groups in total. The van der Waals surface area contributed by atoms with Gasteiger partial charge in [0.25, 0.3) is 5.91 Å². The molecule has 5 rings (SSSR count). The van der Waals surface area contributed by atoms with Crippen molar-refractivity contribution in [3.8, 4) is 0 Å². The lowest BCUT2D eigenvalue weighted by molar-refractivity contribution is -0.117. The second kappa shape index (κ2) is 9.07. The van der Waals surface area contributed by atoms with Gasteiger partial charge in [0.2, 0.25) is 0 Å². The van der Waals surface area contributed by atoms with Crippen molar-refractivity contribution in [2.24, 2.45) is 5.92 Å². The zero-order valence-corrected chi connectivity index (χ0v) is 18.7. The molecule has 1 saturated heterocycles. The molecule has 5 nitrogen and oxygen atoms in total. The van der Waals surface area contributed by atoms with Crippen molar-refractivity contribution in [2.45, 2.75) is 36.6 Å². The average molecular weight is 453 g/mol. The molecule has 2 aliphatic heterocycles. The van der Waals surface area contributed by atoms with Gasteiger partial charge >= 0.3 is 0 Å². The van der Waals surface area contributed by atoms with Gasteiger partial charge in [0, 0.05) is 21.3 Å². The number of carbonyl (C=O) groups is 1. The van der Waals surface area contributed by atoms with Crippen LogP contribution in [0.1, 0.15) is 30.5 Å². The summed E-state index contributed by atoms with van der Waals surface area (Å²) in [4.78, 5) is 15.1. The summed E-state index contributed by atoms with van der Waals surface area (Å²) >= 11 is 7.90. The Labute approximate surface area is 191 Å². The number of carbonyl (C=O) groups excluding carboxylic acids is 1. The first-order chi connectivity index (χ1) is 15.2. The Kier molecular flexibility index (Phi) is 6.03. The fourth-order valence-corrected chi connectivity index (χ4v) is 5.82. The zero-order valence-electron chi connectivity index (χ0n) is 17.2. The summed E-state index contributed by atoms with van der Waals surface area (Å²) in [6.45, 7) is 2.00. The summed E-state index contributed by atoms with van der Waals surface area (Å²) in [6.07, 6.45) is 5.80. The summed E-state index contributed by atoms with van der Waals surface area (Å²) in [5, 5.41) is 16.1. The number of aromatic nitrogens is 2. The molecule has 7 heteroatoms. The molecule has 1 unspecified atom stereocenters. The van der Waals surface area contributed by atoms with Gasteiger partial charge in [-0.15, -0.1) is 0 Å². The van der Waals surface area contributed by atoms with E-state index in [1.807, 2.05) is 42.5 Å². The molecule has 0 spiro atoms. The van der Waals surface area contributed by atoms with E-state index in [9.17, 15) is 4.79 Å². The minimum absolute atomic E-state index is 0.00931. The summed E-state index contributed by atoms with van der Waals surface area (Å²) in [6, 6.07) is 14.1. The summed E-state index contributed by atoms with van der Waals surface area (Å²) in [7, 11) is 0. The molecule has 1 aromatic heterocycles. The molecule has 1 amide bonds. The maximum absolute atomic E-state index is 13.3. The van der Waals surface area contributed by atoms with Gasteiger partial charge in [-0.2, -0.15) is 5.10 Å². The number of benzene rings is 2. The highest BCUT2D eigenvalue weighted by atomic mass is 35.5. The number of hydrogen-bond acceptors (Lipinski definition) is 4. The Morgan fingerprint density at radius 3 is 2.87 bits per heavy atom. The monoisotopic (exact) mass is 452 g/mol. The van der Waals surface area contributed by atoms with Gasteiger partial charge < -0.3 is 10.6 Å². The van der Waals surface area contributed by atoms with Crippen molar-refractivity contribution in [1.29, 1.82) is 0 Å². The normalized spacial score (nSPS) is 17.4. The van der Waals surface area contributed by atoms with E-state index >= 15 is 0 Å². The van der Waals surface area contributed by atoms with Crippen molar-refractivity contribution in [2.75, 3.05) is 13.1 Å². The number of thioether (sulfide) groups is 1. The molecule has 1 fully saturated rings. The van der Waals surface area contributed by atoms with Gasteiger partial charge in [0.15, 0.2) is 0 Å². The Bertz CT molecular complexity index is 1140. The minimum atomic E-state index is -0.00931. The quantitative estimate of drug-likeness (QED) is 0.503. The Hall–Kier alpha value is -2.28. The van der Waals surface area contributed by atoms with Crippen molar-refractivity contribution in [3.05, 3.63) is 63.6 Å². The van der Waals surface area contributed by atoms with Gasteiger partial charge in [-0.05, 0) is 74.5 Å². The molecule has 1 atom stereocenters. The predicted octanol–water partition coefficient (Wildman–Crippen LogP) is 4.78. The van der Waals surface area contributed by atoms with Crippen LogP contribution in [-0.4, -0.2) is 35.2 Å². The van der Waals surface area contributed by atoms with Gasteiger partial charge in [0.1, 0.15) is 0 Å². The highest BCUT2D eigenvalue weighted by Gasteiger charge is 2.28. The number of amides is 1. The zero-order chi connectivity index (χ0) is 21.2. The van der Waals surface area contributed by atoms with E-state index in [2.05, 4.69) is 26.9 Å². The number of H-pyrrole nitrogens is 1. The fraction of sp³-hybridized carbons (Fsp3) is 0.333. The lowest BCUT2D eigenvalue weighted by Gasteiger charge is -2.32. The number of piperidine rings is 1. The SMILES string of the molecule is O=C(NC(CCc1ccccc1Cl)C1CCNCC1)C1=Cc2[nH]nc3cccc(c23)S1. The van der Waals surface area contributed by atoms with Crippen LogP contribution in [-0.2, 0) is 11.2 Å². The first-order valence-electron chi connectivity index (χ1n) is 10.8. The largest absolute Gasteiger partial charge is 0.349 e. The molecule has 160 valence electrons. The minimum Gasteiger partial charge on any atom is -0.349 e. The summed E-state index contributed by atoms with van der Waals surface area (Å²) in [5.41, 5.74) is 2.98. The highest BCUT2D eigenvalue weighted by Crippen LogP contribution is 2.40. The maximum atomic E-state index is 13.3. The number of halogens is 1. The number of hydrogen-bond donors (Lipinski definition) is 3. The Balaban J connectivity index is 1.34. The van der Waals surface area contributed by atoms with E-state index in [0.717, 1.165) is 70.9 Å². The molecule has 3 heterocycles. The molecule has 0 radical (unpaired) electrons. The lowest BCUT2D eigenvalue weighted by atomic mass is 9.86. The van der Waals surface area contributed by atoms with Crippen LogP contribution in [0.15, 0.2) is 52.3 Å². The van der Waals surface area contributed by atoms with E-state index in [0.29, 0.717) is 10.8 Å². The third-order valence-electron chi connectivity index (χ3n) is 6.24. The number of nitrogens with zero attached hydrogens (tertiary/aromatic N) is 1. The molecule has 0 aliphatic carbocycles. The van der Waals surface area contributed by atoms with Crippen LogP contribution in [0.2, 0.25) is 5.02 Å².